The highest BCUT2D eigenvalue weighted by atomic mass is 35.5. The minimum atomic E-state index is -0.821. The molecule has 0 aliphatic rings. The molecule has 0 aliphatic carbocycles. The summed E-state index contributed by atoms with van der Waals surface area (Å²) in [6, 6.07) is 1.68. The first-order valence-electron chi connectivity index (χ1n) is 4.14. The summed E-state index contributed by atoms with van der Waals surface area (Å²) in [5.74, 6) is 0. The molecule has 1 rings (SSSR count). The Morgan fingerprint density at radius 1 is 1.71 bits per heavy atom. The molecule has 0 aliphatic heterocycles. The quantitative estimate of drug-likeness (QED) is 0.852. The molecule has 1 aromatic heterocycles. The largest absolute Gasteiger partial charge is 0.382 e. The van der Waals surface area contributed by atoms with Crippen LogP contribution in [0.5, 0.6) is 0 Å². The smallest absolute Gasteiger partial charge is 0.153 e. The molecule has 1 heterocycles. The maximum absolute atomic E-state index is 11.0. The Bertz CT molecular complexity index is 334. The molecule has 1 aromatic rings. The van der Waals surface area contributed by atoms with Crippen molar-refractivity contribution in [2.45, 2.75) is 12.2 Å². The van der Waals surface area contributed by atoms with Crippen molar-refractivity contribution >= 4 is 28.1 Å². The third-order valence-corrected chi connectivity index (χ3v) is 3.27. The Balaban J connectivity index is 2.49. The van der Waals surface area contributed by atoms with Crippen LogP contribution in [0.1, 0.15) is 6.92 Å². The van der Waals surface area contributed by atoms with Crippen LogP contribution in [0.3, 0.4) is 0 Å². The van der Waals surface area contributed by atoms with E-state index in [4.69, 9.17) is 11.6 Å². The Labute approximate surface area is 90.5 Å². The van der Waals surface area contributed by atoms with Gasteiger partial charge in [0.1, 0.15) is 0 Å². The second kappa shape index (κ2) is 5.26. The fourth-order valence-electron chi connectivity index (χ4n) is 0.816. The Morgan fingerprint density at radius 2 is 2.43 bits per heavy atom. The lowest BCUT2D eigenvalue weighted by atomic mass is 10.4. The molecular weight excluding hydrogens is 222 g/mol. The van der Waals surface area contributed by atoms with Gasteiger partial charge in [-0.1, -0.05) is 11.6 Å². The van der Waals surface area contributed by atoms with Crippen LogP contribution in [0.25, 0.3) is 0 Å². The van der Waals surface area contributed by atoms with Gasteiger partial charge in [0.15, 0.2) is 5.15 Å². The fourth-order valence-corrected chi connectivity index (χ4v) is 1.30. The van der Waals surface area contributed by atoms with Gasteiger partial charge >= 0.3 is 0 Å². The van der Waals surface area contributed by atoms with Crippen molar-refractivity contribution in [1.29, 1.82) is 0 Å². The summed E-state index contributed by atoms with van der Waals surface area (Å²) in [7, 11) is -0.821. The van der Waals surface area contributed by atoms with Crippen molar-refractivity contribution in [2.24, 2.45) is 0 Å². The van der Waals surface area contributed by atoms with Crippen LogP contribution in [0.2, 0.25) is 5.15 Å². The van der Waals surface area contributed by atoms with Gasteiger partial charge in [-0.25, -0.2) is 0 Å². The Kier molecular flexibility index (Phi) is 4.28. The average Bonchev–Trinajstić information content (AvgIpc) is 2.14. The highest BCUT2D eigenvalue weighted by molar-refractivity contribution is 7.84. The molecule has 1 N–H and O–H groups in total. The van der Waals surface area contributed by atoms with Gasteiger partial charge in [-0.15, -0.1) is 5.10 Å². The van der Waals surface area contributed by atoms with Crippen molar-refractivity contribution in [3.63, 3.8) is 0 Å². The monoisotopic (exact) mass is 233 g/mol. The highest BCUT2D eigenvalue weighted by Crippen LogP contribution is 2.10. The van der Waals surface area contributed by atoms with Crippen molar-refractivity contribution < 1.29 is 4.21 Å². The molecule has 0 amide bonds. The van der Waals surface area contributed by atoms with E-state index in [-0.39, 0.29) is 5.25 Å². The predicted octanol–water partition coefficient (Wildman–Crippen LogP) is 1.31. The third kappa shape index (κ3) is 3.59. The molecule has 0 radical (unpaired) electrons. The molecule has 0 bridgehead atoms. The standard InChI is InChI=1S/C8H12ClN3OS/c1-6(14(2)13)4-10-7-3-8(9)12-11-5-7/h3,5-6H,4H2,1-2H3,(H,10,12). The molecule has 0 saturated heterocycles. The van der Waals surface area contributed by atoms with E-state index in [0.29, 0.717) is 11.7 Å². The predicted molar refractivity (Wildman–Crippen MR) is 59.1 cm³/mol. The van der Waals surface area contributed by atoms with Crippen LogP contribution < -0.4 is 5.32 Å². The average molecular weight is 234 g/mol. The lowest BCUT2D eigenvalue weighted by molar-refractivity contribution is 0.679. The first kappa shape index (κ1) is 11.4. The normalized spacial score (nSPS) is 14.8. The minimum absolute atomic E-state index is 0.0990. The second-order valence-corrected chi connectivity index (χ2v) is 5.15. The molecule has 6 heteroatoms. The van der Waals surface area contributed by atoms with E-state index in [1.54, 1.807) is 18.5 Å². The fraction of sp³-hybridized carbons (Fsp3) is 0.500. The first-order chi connectivity index (χ1) is 6.59. The van der Waals surface area contributed by atoms with E-state index >= 15 is 0 Å². The maximum Gasteiger partial charge on any atom is 0.153 e. The number of nitrogens with one attached hydrogen (secondary N) is 1. The first-order valence-corrected chi connectivity index (χ1v) is 6.14. The number of hydrogen-bond acceptors (Lipinski definition) is 4. The van der Waals surface area contributed by atoms with Gasteiger partial charge in [-0.2, -0.15) is 5.10 Å². The van der Waals surface area contributed by atoms with Gasteiger partial charge < -0.3 is 5.32 Å². The lowest BCUT2D eigenvalue weighted by Crippen LogP contribution is -2.20. The van der Waals surface area contributed by atoms with E-state index in [0.717, 1.165) is 5.69 Å². The van der Waals surface area contributed by atoms with Crippen LogP contribution in [0.4, 0.5) is 5.69 Å². The Morgan fingerprint density at radius 3 is 3.00 bits per heavy atom. The number of rotatable bonds is 4. The number of nitrogens with zero attached hydrogens (tertiary/aromatic N) is 2. The van der Waals surface area contributed by atoms with E-state index in [9.17, 15) is 4.21 Å². The lowest BCUT2D eigenvalue weighted by Gasteiger charge is -2.10. The van der Waals surface area contributed by atoms with E-state index in [1.807, 2.05) is 6.92 Å². The number of hydrogen-bond donors (Lipinski definition) is 1. The minimum Gasteiger partial charge on any atom is -0.382 e. The molecule has 14 heavy (non-hydrogen) atoms. The summed E-state index contributed by atoms with van der Waals surface area (Å²) in [5, 5.41) is 10.8. The van der Waals surface area contributed by atoms with Crippen LogP contribution in [0.15, 0.2) is 12.3 Å². The summed E-state index contributed by atoms with van der Waals surface area (Å²) in [6.07, 6.45) is 3.27. The molecule has 2 unspecified atom stereocenters. The van der Waals surface area contributed by atoms with Gasteiger partial charge in [-0.3, -0.25) is 4.21 Å². The number of anilines is 1. The molecule has 4 nitrogen and oxygen atoms in total. The van der Waals surface area contributed by atoms with E-state index in [2.05, 4.69) is 15.5 Å². The summed E-state index contributed by atoms with van der Waals surface area (Å²) in [5.41, 5.74) is 0.794. The SMILES string of the molecule is CC(CNc1cnnc(Cl)c1)S(C)=O. The van der Waals surface area contributed by atoms with Gasteiger partial charge in [0, 0.05) is 34.9 Å². The Hall–Kier alpha value is -0.680. The highest BCUT2D eigenvalue weighted by Gasteiger charge is 2.05. The molecule has 0 spiro atoms. The van der Waals surface area contributed by atoms with Crippen LogP contribution in [0, 0.1) is 0 Å². The zero-order valence-corrected chi connectivity index (χ0v) is 9.60. The van der Waals surface area contributed by atoms with Gasteiger partial charge in [0.2, 0.25) is 0 Å². The van der Waals surface area contributed by atoms with Gasteiger partial charge in [-0.05, 0) is 6.92 Å². The molecular formula is C8H12ClN3OS. The topological polar surface area (TPSA) is 54.9 Å². The van der Waals surface area contributed by atoms with Crippen molar-refractivity contribution in [2.75, 3.05) is 18.1 Å². The molecule has 0 saturated carbocycles. The zero-order chi connectivity index (χ0) is 10.6. The van der Waals surface area contributed by atoms with Crippen LogP contribution in [-0.4, -0.2) is 32.5 Å². The second-order valence-electron chi connectivity index (χ2n) is 2.96. The third-order valence-electron chi connectivity index (χ3n) is 1.78. The van der Waals surface area contributed by atoms with Gasteiger partial charge in [0.05, 0.1) is 11.9 Å². The maximum atomic E-state index is 11.0. The van der Waals surface area contributed by atoms with E-state index in [1.165, 1.54) is 0 Å². The molecule has 78 valence electrons. The van der Waals surface area contributed by atoms with Crippen molar-refractivity contribution in [3.8, 4) is 0 Å². The van der Waals surface area contributed by atoms with Gasteiger partial charge in [0.25, 0.3) is 0 Å². The zero-order valence-electron chi connectivity index (χ0n) is 8.03. The van der Waals surface area contributed by atoms with E-state index < -0.39 is 10.8 Å². The summed E-state index contributed by atoms with van der Waals surface area (Å²) in [4.78, 5) is 0. The van der Waals surface area contributed by atoms with Crippen molar-refractivity contribution in [3.05, 3.63) is 17.4 Å². The van der Waals surface area contributed by atoms with Crippen LogP contribution in [-0.2, 0) is 10.8 Å². The number of halogens is 1. The summed E-state index contributed by atoms with van der Waals surface area (Å²) < 4.78 is 11.0. The summed E-state index contributed by atoms with van der Waals surface area (Å²) >= 11 is 5.65. The summed E-state index contributed by atoms with van der Waals surface area (Å²) in [6.45, 7) is 2.55. The number of aromatic nitrogens is 2. The molecule has 0 fully saturated rings. The molecule has 2 atom stereocenters. The molecule has 0 aromatic carbocycles. The van der Waals surface area contributed by atoms with Crippen molar-refractivity contribution in [1.82, 2.24) is 10.2 Å². The van der Waals surface area contributed by atoms with Crippen LogP contribution >= 0.6 is 11.6 Å².